The third-order valence-corrected chi connectivity index (χ3v) is 5.76. The van der Waals surface area contributed by atoms with Crippen molar-refractivity contribution in [2.75, 3.05) is 11.1 Å². The molecular formula is C24H22N3O2S+. The van der Waals surface area contributed by atoms with E-state index < -0.39 is 0 Å². The maximum Gasteiger partial charge on any atom is 0.317 e. The van der Waals surface area contributed by atoms with Crippen molar-refractivity contribution in [1.29, 1.82) is 0 Å². The van der Waals surface area contributed by atoms with Gasteiger partial charge in [0.25, 0.3) is 0 Å². The molecule has 0 saturated carbocycles. The van der Waals surface area contributed by atoms with Gasteiger partial charge in [0.2, 0.25) is 5.91 Å². The first-order valence-electron chi connectivity index (χ1n) is 9.68. The molecule has 0 saturated heterocycles. The van der Waals surface area contributed by atoms with E-state index in [2.05, 4.69) is 33.1 Å². The Hall–Kier alpha value is -3.38. The van der Waals surface area contributed by atoms with E-state index in [9.17, 15) is 9.59 Å². The second-order valence-corrected chi connectivity index (χ2v) is 7.96. The molecule has 1 aromatic heterocycles. The predicted molar refractivity (Wildman–Crippen MR) is 120 cm³/mol. The molecule has 0 spiro atoms. The Balaban J connectivity index is 1.51. The summed E-state index contributed by atoms with van der Waals surface area (Å²) < 4.78 is 2.19. The highest BCUT2D eigenvalue weighted by molar-refractivity contribution is 7.99. The van der Waals surface area contributed by atoms with Gasteiger partial charge in [0.1, 0.15) is 6.54 Å². The minimum Gasteiger partial charge on any atom is -0.325 e. The highest BCUT2D eigenvalue weighted by Gasteiger charge is 2.20. The van der Waals surface area contributed by atoms with Gasteiger partial charge in [-0.15, -0.1) is 0 Å². The molecule has 1 heterocycles. The quantitative estimate of drug-likeness (QED) is 0.266. The number of hydrogen-bond donors (Lipinski definition) is 2. The number of nitrogens with zero attached hydrogens (tertiary/aromatic N) is 1. The van der Waals surface area contributed by atoms with Crippen LogP contribution < -0.4 is 9.88 Å². The molecule has 4 aromatic rings. The number of para-hydroxylation sites is 2. The van der Waals surface area contributed by atoms with Crippen molar-refractivity contribution < 1.29 is 14.2 Å². The number of ketones is 1. The lowest BCUT2D eigenvalue weighted by molar-refractivity contribution is -0.700. The van der Waals surface area contributed by atoms with Gasteiger partial charge in [-0.1, -0.05) is 54.6 Å². The van der Waals surface area contributed by atoms with Crippen LogP contribution in [0.2, 0.25) is 0 Å². The van der Waals surface area contributed by atoms with Crippen molar-refractivity contribution in [1.82, 2.24) is 4.98 Å². The molecule has 0 radical (unpaired) electrons. The van der Waals surface area contributed by atoms with Crippen LogP contribution in [-0.4, -0.2) is 22.4 Å². The zero-order valence-corrected chi connectivity index (χ0v) is 17.4. The molecule has 1 amide bonds. The number of hydrogen-bond acceptors (Lipinski definition) is 3. The minimum atomic E-state index is -0.120. The monoisotopic (exact) mass is 416 g/mol. The summed E-state index contributed by atoms with van der Waals surface area (Å²) >= 11 is 1.46. The van der Waals surface area contributed by atoms with Crippen LogP contribution in [0.1, 0.15) is 22.8 Å². The second kappa shape index (κ2) is 8.97. The van der Waals surface area contributed by atoms with Crippen LogP contribution in [0.25, 0.3) is 11.0 Å². The second-order valence-electron chi connectivity index (χ2n) is 6.99. The summed E-state index contributed by atoms with van der Waals surface area (Å²) in [6.45, 7) is 2.23. The third kappa shape index (κ3) is 4.60. The first-order chi connectivity index (χ1) is 14.6. The molecule has 0 aliphatic carbocycles. The fraction of sp³-hybridized carbons (Fsp3) is 0.125. The summed E-state index contributed by atoms with van der Waals surface area (Å²) in [6, 6.07) is 25.4. The van der Waals surface area contributed by atoms with Crippen LogP contribution in [0.5, 0.6) is 0 Å². The van der Waals surface area contributed by atoms with E-state index in [0.717, 1.165) is 22.7 Å². The van der Waals surface area contributed by atoms with E-state index >= 15 is 0 Å². The zero-order chi connectivity index (χ0) is 20.9. The van der Waals surface area contributed by atoms with E-state index in [1.54, 1.807) is 24.3 Å². The number of benzene rings is 3. The molecule has 0 unspecified atom stereocenters. The van der Waals surface area contributed by atoms with Crippen molar-refractivity contribution in [3.8, 4) is 0 Å². The zero-order valence-electron chi connectivity index (χ0n) is 16.6. The van der Waals surface area contributed by atoms with Crippen molar-refractivity contribution in [3.63, 3.8) is 0 Å². The number of thioether (sulfide) groups is 1. The topological polar surface area (TPSA) is 65.8 Å². The maximum absolute atomic E-state index is 12.5. The smallest absolute Gasteiger partial charge is 0.317 e. The molecule has 0 aliphatic heterocycles. The molecule has 6 heteroatoms. The number of rotatable bonds is 7. The number of carbonyl (C=O) groups is 2. The van der Waals surface area contributed by atoms with Crippen LogP contribution in [0.3, 0.4) is 0 Å². The van der Waals surface area contributed by atoms with Crippen molar-refractivity contribution >= 4 is 40.2 Å². The first-order valence-corrected chi connectivity index (χ1v) is 10.7. The number of imidazole rings is 1. The van der Waals surface area contributed by atoms with Gasteiger partial charge in [0, 0.05) is 11.3 Å². The summed E-state index contributed by atoms with van der Waals surface area (Å²) in [5.74, 6) is 0.109. The van der Waals surface area contributed by atoms with Crippen LogP contribution in [0, 0.1) is 0 Å². The fourth-order valence-electron chi connectivity index (χ4n) is 3.29. The van der Waals surface area contributed by atoms with E-state index in [4.69, 9.17) is 0 Å². The fourth-order valence-corrected chi connectivity index (χ4v) is 4.13. The van der Waals surface area contributed by atoms with Crippen molar-refractivity contribution in [3.05, 3.63) is 90.0 Å². The Morgan fingerprint density at radius 3 is 2.53 bits per heavy atom. The predicted octanol–water partition coefficient (Wildman–Crippen LogP) is 4.44. The normalized spacial score (nSPS) is 10.8. The van der Waals surface area contributed by atoms with Crippen LogP contribution in [0.4, 0.5) is 5.69 Å². The summed E-state index contributed by atoms with van der Waals surface area (Å²) in [4.78, 5) is 27.5. The van der Waals surface area contributed by atoms with Crippen molar-refractivity contribution in [2.45, 2.75) is 18.6 Å². The Morgan fingerprint density at radius 2 is 1.73 bits per heavy atom. The number of anilines is 1. The Labute approximate surface area is 179 Å². The van der Waals surface area contributed by atoms with E-state index in [0.29, 0.717) is 11.3 Å². The Bertz CT molecular complexity index is 1200. The largest absolute Gasteiger partial charge is 0.325 e. The first kappa shape index (κ1) is 19.9. The molecule has 30 heavy (non-hydrogen) atoms. The molecule has 2 N–H and O–H groups in total. The average molecular weight is 417 g/mol. The lowest BCUT2D eigenvalue weighted by Gasteiger charge is -2.06. The highest BCUT2D eigenvalue weighted by atomic mass is 32.2. The molecule has 0 fully saturated rings. The number of carbonyl (C=O) groups excluding carboxylic acids is 2. The lowest BCUT2D eigenvalue weighted by Crippen LogP contribution is -2.35. The summed E-state index contributed by atoms with van der Waals surface area (Å²) in [5.41, 5.74) is 4.53. The number of fused-ring (bicyclic) bond motifs is 1. The molecule has 150 valence electrons. The van der Waals surface area contributed by atoms with Gasteiger partial charge in [-0.05, 0) is 48.5 Å². The third-order valence-electron chi connectivity index (χ3n) is 4.76. The van der Waals surface area contributed by atoms with Crippen LogP contribution in [-0.2, 0) is 11.3 Å². The van der Waals surface area contributed by atoms with Gasteiger partial charge in [-0.3, -0.25) is 9.59 Å². The average Bonchev–Trinajstić information content (AvgIpc) is 3.10. The summed E-state index contributed by atoms with van der Waals surface area (Å²) in [6.07, 6.45) is 0. The van der Waals surface area contributed by atoms with Gasteiger partial charge in [-0.2, -0.15) is 0 Å². The molecule has 5 nitrogen and oxygen atoms in total. The number of H-pyrrole nitrogens is 1. The van der Waals surface area contributed by atoms with Gasteiger partial charge in [-0.25, -0.2) is 9.55 Å². The number of aromatic nitrogens is 2. The molecule has 0 bridgehead atoms. The molecule has 3 aromatic carbocycles. The molecule has 0 aliphatic rings. The number of Topliss-reactive ketones (excluding diaryl/α,β-unsaturated/α-hetero) is 1. The maximum atomic E-state index is 12.5. The van der Waals surface area contributed by atoms with Crippen LogP contribution in [0.15, 0.2) is 84.0 Å². The number of nitrogens with one attached hydrogen (secondary N) is 2. The Morgan fingerprint density at radius 1 is 0.967 bits per heavy atom. The number of aromatic amines is 1. The van der Waals surface area contributed by atoms with Gasteiger partial charge in [0.15, 0.2) is 16.8 Å². The van der Waals surface area contributed by atoms with Gasteiger partial charge < -0.3 is 5.32 Å². The van der Waals surface area contributed by atoms with Gasteiger partial charge in [0.05, 0.1) is 5.75 Å². The molecule has 0 atom stereocenters. The Kier molecular flexibility index (Phi) is 5.95. The summed E-state index contributed by atoms with van der Waals surface area (Å²) in [5, 5.41) is 3.80. The molecule has 4 rings (SSSR count). The molecular weight excluding hydrogens is 394 g/mol. The highest BCUT2D eigenvalue weighted by Crippen LogP contribution is 2.19. The number of amides is 1. The minimum absolute atomic E-state index is 0.0273. The van der Waals surface area contributed by atoms with E-state index in [1.165, 1.54) is 24.2 Å². The summed E-state index contributed by atoms with van der Waals surface area (Å²) in [7, 11) is 0. The SMILES string of the molecule is CC(=O)c1cccc(NC(=O)CSc2[nH]c3ccccc3[n+]2Cc2ccccc2)c1. The standard InChI is InChI=1S/C24H21N3O2S/c1-17(28)19-10-7-11-20(14-19)25-23(29)16-30-24-26-21-12-5-6-13-22(21)27(24)15-18-8-3-2-4-9-18/h2-14H,15-16H2,1H3,(H,25,29)/p+1. The van der Waals surface area contributed by atoms with Gasteiger partial charge >= 0.3 is 5.16 Å². The van der Waals surface area contributed by atoms with E-state index in [-0.39, 0.29) is 17.4 Å². The van der Waals surface area contributed by atoms with Crippen molar-refractivity contribution in [2.24, 2.45) is 0 Å². The van der Waals surface area contributed by atoms with E-state index in [1.807, 2.05) is 36.4 Å². The lowest BCUT2D eigenvalue weighted by atomic mass is 10.1. The van der Waals surface area contributed by atoms with Crippen LogP contribution >= 0.6 is 11.8 Å².